The first-order valence-corrected chi connectivity index (χ1v) is 10.3. The van der Waals surface area contributed by atoms with Crippen molar-refractivity contribution in [3.8, 4) is 11.9 Å². The Morgan fingerprint density at radius 3 is 2.83 bits per heavy atom. The molecule has 0 bridgehead atoms. The molecule has 1 saturated carbocycles. The predicted molar refractivity (Wildman–Crippen MR) is 110 cm³/mol. The molecule has 0 unspecified atom stereocenters. The van der Waals surface area contributed by atoms with Crippen LogP contribution in [0.3, 0.4) is 0 Å². The van der Waals surface area contributed by atoms with Crippen molar-refractivity contribution in [2.24, 2.45) is 5.41 Å². The molecule has 5 rings (SSSR count). The first-order valence-electron chi connectivity index (χ1n) is 10.3. The normalized spacial score (nSPS) is 23.6. The molecule has 9 heteroatoms. The summed E-state index contributed by atoms with van der Waals surface area (Å²) in [6.07, 6.45) is 10.8. The van der Waals surface area contributed by atoms with E-state index < -0.39 is 0 Å². The number of likely N-dealkylation sites (tertiary alicyclic amines) is 1. The standard InChI is InChI=1S/C21H24N8O/c1-21(10-22)11-29(12-21)16-4-2-15(3-5-16)25-20(30)19-18-14(9-24-27-18)8-17(26-19)28-7-6-23-13-28/h6-9,13,15-16H,2-5,11-12H2,1H3,(H,24,27)(H,25,30). The fourth-order valence-electron chi connectivity index (χ4n) is 4.65. The second-order valence-electron chi connectivity index (χ2n) is 8.69. The Balaban J connectivity index is 1.26. The molecule has 4 heterocycles. The van der Waals surface area contributed by atoms with Gasteiger partial charge in [0, 0.05) is 43.0 Å². The van der Waals surface area contributed by atoms with Crippen molar-refractivity contribution in [3.63, 3.8) is 0 Å². The number of amides is 1. The Labute approximate surface area is 174 Å². The number of hydrogen-bond donors (Lipinski definition) is 2. The van der Waals surface area contributed by atoms with Crippen LogP contribution in [0.2, 0.25) is 0 Å². The SMILES string of the molecule is CC1(C#N)CN(C2CCC(NC(=O)c3nc(-n4ccnc4)cc4cn[nH]c34)CC2)C1. The van der Waals surface area contributed by atoms with Crippen LogP contribution in [0.4, 0.5) is 0 Å². The first kappa shape index (κ1) is 18.8. The zero-order valence-electron chi connectivity index (χ0n) is 16.9. The summed E-state index contributed by atoms with van der Waals surface area (Å²) >= 11 is 0. The van der Waals surface area contributed by atoms with Crippen molar-refractivity contribution in [2.75, 3.05) is 13.1 Å². The summed E-state index contributed by atoms with van der Waals surface area (Å²) in [5, 5.41) is 20.2. The van der Waals surface area contributed by atoms with E-state index in [2.05, 4.69) is 36.5 Å². The number of carbonyl (C=O) groups excluding carboxylic acids is 1. The second kappa shape index (κ2) is 7.22. The van der Waals surface area contributed by atoms with Gasteiger partial charge in [0.05, 0.1) is 23.2 Å². The molecule has 0 spiro atoms. The van der Waals surface area contributed by atoms with E-state index in [1.54, 1.807) is 29.5 Å². The Kier molecular flexibility index (Phi) is 4.51. The number of nitrogens with zero attached hydrogens (tertiary/aromatic N) is 6. The van der Waals surface area contributed by atoms with Crippen LogP contribution < -0.4 is 5.32 Å². The van der Waals surface area contributed by atoms with Gasteiger partial charge in [-0.1, -0.05) is 0 Å². The maximum atomic E-state index is 13.1. The largest absolute Gasteiger partial charge is 0.348 e. The predicted octanol–water partition coefficient (Wildman–Crippen LogP) is 2.03. The van der Waals surface area contributed by atoms with Crippen molar-refractivity contribution in [1.29, 1.82) is 5.26 Å². The van der Waals surface area contributed by atoms with Crippen LogP contribution in [-0.4, -0.2) is 60.7 Å². The highest BCUT2D eigenvalue weighted by atomic mass is 16.2. The average Bonchev–Trinajstić information content (AvgIpc) is 3.43. The minimum atomic E-state index is -0.188. The molecule has 30 heavy (non-hydrogen) atoms. The number of pyridine rings is 1. The summed E-state index contributed by atoms with van der Waals surface area (Å²) in [7, 11) is 0. The summed E-state index contributed by atoms with van der Waals surface area (Å²) in [6, 6.07) is 4.94. The van der Waals surface area contributed by atoms with Gasteiger partial charge in [0.25, 0.3) is 5.91 Å². The molecule has 0 radical (unpaired) electrons. The number of aromatic amines is 1. The topological polar surface area (TPSA) is 116 Å². The number of fused-ring (bicyclic) bond motifs is 1. The van der Waals surface area contributed by atoms with E-state index in [0.29, 0.717) is 23.1 Å². The minimum Gasteiger partial charge on any atom is -0.348 e. The number of H-pyrrole nitrogens is 1. The summed E-state index contributed by atoms with van der Waals surface area (Å²) in [6.45, 7) is 3.73. The van der Waals surface area contributed by atoms with Gasteiger partial charge in [-0.05, 0) is 38.7 Å². The lowest BCUT2D eigenvalue weighted by Crippen LogP contribution is -2.59. The van der Waals surface area contributed by atoms with Crippen molar-refractivity contribution < 1.29 is 4.79 Å². The molecular formula is C21H24N8O. The number of nitriles is 1. The smallest absolute Gasteiger partial charge is 0.272 e. The van der Waals surface area contributed by atoms with E-state index in [9.17, 15) is 10.1 Å². The van der Waals surface area contributed by atoms with Crippen LogP contribution >= 0.6 is 0 Å². The molecule has 1 saturated heterocycles. The summed E-state index contributed by atoms with van der Waals surface area (Å²) < 4.78 is 1.77. The Morgan fingerprint density at radius 1 is 1.33 bits per heavy atom. The van der Waals surface area contributed by atoms with Crippen LogP contribution in [-0.2, 0) is 0 Å². The first-order chi connectivity index (χ1) is 14.5. The highest BCUT2D eigenvalue weighted by Gasteiger charge is 2.43. The maximum Gasteiger partial charge on any atom is 0.272 e. The third kappa shape index (κ3) is 3.33. The molecule has 3 aromatic rings. The molecule has 154 valence electrons. The van der Waals surface area contributed by atoms with E-state index in [1.165, 1.54) is 0 Å². The summed E-state index contributed by atoms with van der Waals surface area (Å²) in [4.78, 5) is 24.1. The number of carbonyl (C=O) groups is 1. The van der Waals surface area contributed by atoms with Crippen molar-refractivity contribution in [2.45, 2.75) is 44.7 Å². The van der Waals surface area contributed by atoms with Gasteiger partial charge in [0.2, 0.25) is 0 Å². The average molecular weight is 404 g/mol. The molecule has 2 aliphatic rings. The van der Waals surface area contributed by atoms with Gasteiger partial charge >= 0.3 is 0 Å². The minimum absolute atomic E-state index is 0.133. The zero-order chi connectivity index (χ0) is 20.7. The quantitative estimate of drug-likeness (QED) is 0.687. The lowest BCUT2D eigenvalue weighted by molar-refractivity contribution is 0.00181. The number of nitrogens with one attached hydrogen (secondary N) is 2. The molecule has 0 atom stereocenters. The lowest BCUT2D eigenvalue weighted by Gasteiger charge is -2.49. The van der Waals surface area contributed by atoms with Gasteiger partial charge in [-0.25, -0.2) is 9.97 Å². The fraction of sp³-hybridized carbons (Fsp3) is 0.476. The van der Waals surface area contributed by atoms with Gasteiger partial charge in [0.1, 0.15) is 12.1 Å². The third-order valence-corrected chi connectivity index (χ3v) is 6.32. The molecule has 0 aromatic carbocycles. The van der Waals surface area contributed by atoms with Crippen LogP contribution in [0.25, 0.3) is 16.7 Å². The lowest BCUT2D eigenvalue weighted by atomic mass is 9.79. The number of imidazole rings is 1. The molecule has 2 fully saturated rings. The van der Waals surface area contributed by atoms with Crippen molar-refractivity contribution >= 4 is 16.8 Å². The Hall–Kier alpha value is -3.25. The van der Waals surface area contributed by atoms with Crippen LogP contribution in [0.1, 0.15) is 43.1 Å². The van der Waals surface area contributed by atoms with Crippen LogP contribution in [0, 0.1) is 16.7 Å². The third-order valence-electron chi connectivity index (χ3n) is 6.32. The zero-order valence-corrected chi connectivity index (χ0v) is 16.9. The molecule has 1 amide bonds. The van der Waals surface area contributed by atoms with Gasteiger partial charge in [-0.2, -0.15) is 10.4 Å². The van der Waals surface area contributed by atoms with Crippen molar-refractivity contribution in [3.05, 3.63) is 36.7 Å². The van der Waals surface area contributed by atoms with E-state index in [0.717, 1.165) is 44.2 Å². The number of aromatic nitrogens is 5. The van der Waals surface area contributed by atoms with Gasteiger partial charge in [-0.3, -0.25) is 19.4 Å². The van der Waals surface area contributed by atoms with E-state index in [-0.39, 0.29) is 17.4 Å². The van der Waals surface area contributed by atoms with Crippen molar-refractivity contribution in [1.82, 2.24) is 34.9 Å². The number of rotatable bonds is 4. The molecule has 3 aromatic heterocycles. The Morgan fingerprint density at radius 2 is 2.13 bits per heavy atom. The van der Waals surface area contributed by atoms with Gasteiger partial charge in [0.15, 0.2) is 5.69 Å². The molecule has 9 nitrogen and oxygen atoms in total. The summed E-state index contributed by atoms with van der Waals surface area (Å²) in [5.41, 5.74) is 0.802. The second-order valence-corrected chi connectivity index (χ2v) is 8.69. The molecular weight excluding hydrogens is 380 g/mol. The van der Waals surface area contributed by atoms with Gasteiger partial charge in [-0.15, -0.1) is 0 Å². The van der Waals surface area contributed by atoms with Crippen LogP contribution in [0.5, 0.6) is 0 Å². The summed E-state index contributed by atoms with van der Waals surface area (Å²) in [5.74, 6) is 0.448. The Bertz CT molecular complexity index is 1100. The van der Waals surface area contributed by atoms with E-state index in [4.69, 9.17) is 0 Å². The van der Waals surface area contributed by atoms with Gasteiger partial charge < -0.3 is 5.32 Å². The number of hydrogen-bond acceptors (Lipinski definition) is 6. The molecule has 1 aliphatic heterocycles. The highest BCUT2D eigenvalue weighted by molar-refractivity contribution is 6.04. The van der Waals surface area contributed by atoms with E-state index in [1.807, 2.05) is 13.0 Å². The maximum absolute atomic E-state index is 13.1. The van der Waals surface area contributed by atoms with E-state index >= 15 is 0 Å². The molecule has 1 aliphatic carbocycles. The monoisotopic (exact) mass is 404 g/mol. The highest BCUT2D eigenvalue weighted by Crippen LogP contribution is 2.35. The fourth-order valence-corrected chi connectivity index (χ4v) is 4.65. The molecule has 2 N–H and O–H groups in total. The van der Waals surface area contributed by atoms with Crippen LogP contribution in [0.15, 0.2) is 31.0 Å².